The van der Waals surface area contributed by atoms with E-state index in [9.17, 15) is 9.59 Å². The van der Waals surface area contributed by atoms with Crippen LogP contribution in [-0.2, 0) is 14.3 Å². The third-order valence-electron chi connectivity index (χ3n) is 6.37. The van der Waals surface area contributed by atoms with Crippen molar-refractivity contribution in [3.8, 4) is 11.5 Å². The highest BCUT2D eigenvalue weighted by molar-refractivity contribution is 6.36. The number of carbonyl (C=O) groups is 2. The summed E-state index contributed by atoms with van der Waals surface area (Å²) in [6, 6.07) is 11.1. The van der Waals surface area contributed by atoms with E-state index < -0.39 is 0 Å². The maximum atomic E-state index is 13.6. The first-order valence-corrected chi connectivity index (χ1v) is 11.4. The molecule has 0 spiro atoms. The molecule has 8 heteroatoms. The number of aryl methyl sites for hydroxylation is 2. The van der Waals surface area contributed by atoms with E-state index in [1.54, 1.807) is 32.4 Å². The lowest BCUT2D eigenvalue weighted by molar-refractivity contribution is -0.137. The lowest BCUT2D eigenvalue weighted by Gasteiger charge is -2.28. The molecule has 0 unspecified atom stereocenters. The van der Waals surface area contributed by atoms with E-state index in [4.69, 9.17) is 14.2 Å². The van der Waals surface area contributed by atoms with Crippen LogP contribution >= 0.6 is 0 Å². The number of ether oxygens (including phenoxy) is 3. The molecule has 8 nitrogen and oxygen atoms in total. The Morgan fingerprint density at radius 2 is 1.68 bits per heavy atom. The van der Waals surface area contributed by atoms with Crippen molar-refractivity contribution in [2.75, 3.05) is 58.9 Å². The lowest BCUT2D eigenvalue weighted by Crippen LogP contribution is -2.43. The number of hydrogen-bond donors (Lipinski definition) is 1. The smallest absolute Gasteiger partial charge is 0.278 e. The van der Waals surface area contributed by atoms with Gasteiger partial charge in [0.25, 0.3) is 11.8 Å². The summed E-state index contributed by atoms with van der Waals surface area (Å²) in [6.07, 6.45) is 0. The summed E-state index contributed by atoms with van der Waals surface area (Å²) in [4.78, 5) is 30.7. The summed E-state index contributed by atoms with van der Waals surface area (Å²) in [7, 11) is 3.13. The molecule has 2 heterocycles. The second-order valence-electron chi connectivity index (χ2n) is 8.46. The molecule has 0 saturated carbocycles. The number of morpholine rings is 1. The topological polar surface area (TPSA) is 80.3 Å². The van der Waals surface area contributed by atoms with Gasteiger partial charge in [-0.2, -0.15) is 0 Å². The molecule has 180 valence electrons. The van der Waals surface area contributed by atoms with Gasteiger partial charge in [0.15, 0.2) is 0 Å². The Morgan fingerprint density at radius 3 is 2.35 bits per heavy atom. The van der Waals surface area contributed by atoms with Gasteiger partial charge >= 0.3 is 0 Å². The average molecular weight is 466 g/mol. The molecule has 2 aromatic carbocycles. The first-order valence-electron chi connectivity index (χ1n) is 11.4. The maximum Gasteiger partial charge on any atom is 0.278 e. The van der Waals surface area contributed by atoms with Crippen LogP contribution in [0.5, 0.6) is 11.5 Å². The van der Waals surface area contributed by atoms with E-state index in [-0.39, 0.29) is 17.5 Å². The zero-order valence-corrected chi connectivity index (χ0v) is 20.1. The van der Waals surface area contributed by atoms with Crippen molar-refractivity contribution in [2.45, 2.75) is 13.8 Å². The molecule has 2 amide bonds. The third kappa shape index (κ3) is 4.78. The van der Waals surface area contributed by atoms with Crippen LogP contribution in [0.25, 0.3) is 5.57 Å². The minimum Gasteiger partial charge on any atom is -0.497 e. The molecule has 4 rings (SSSR count). The zero-order valence-electron chi connectivity index (χ0n) is 20.1. The van der Waals surface area contributed by atoms with Crippen LogP contribution in [0.4, 0.5) is 5.69 Å². The molecule has 0 radical (unpaired) electrons. The van der Waals surface area contributed by atoms with Crippen molar-refractivity contribution >= 4 is 23.1 Å². The van der Waals surface area contributed by atoms with E-state index >= 15 is 0 Å². The maximum absolute atomic E-state index is 13.6. The first-order chi connectivity index (χ1) is 16.4. The Kier molecular flexibility index (Phi) is 7.19. The molecule has 34 heavy (non-hydrogen) atoms. The summed E-state index contributed by atoms with van der Waals surface area (Å²) in [5.41, 5.74) is 4.03. The highest BCUT2D eigenvalue weighted by atomic mass is 16.5. The van der Waals surface area contributed by atoms with E-state index in [0.29, 0.717) is 54.6 Å². The Hall–Kier alpha value is -3.36. The molecule has 2 aliphatic heterocycles. The standard InChI is InChI=1S/C26H31N3O5/c1-17-5-6-19(15-18(17)2)23-24(27-21-16-20(32-3)7-8-22(21)33-4)26(31)29(25(23)30)10-9-28-11-13-34-14-12-28/h5-8,15-16,27H,9-14H2,1-4H3. The fourth-order valence-electron chi connectivity index (χ4n) is 4.17. The molecule has 2 aromatic rings. The molecule has 0 aromatic heterocycles. The van der Waals surface area contributed by atoms with Gasteiger partial charge in [0.2, 0.25) is 0 Å². The summed E-state index contributed by atoms with van der Waals surface area (Å²) in [5.74, 6) is 0.500. The van der Waals surface area contributed by atoms with Crippen LogP contribution in [0.3, 0.4) is 0 Å². The second-order valence-corrected chi connectivity index (χ2v) is 8.46. The van der Waals surface area contributed by atoms with Crippen molar-refractivity contribution in [1.82, 2.24) is 9.80 Å². The minimum atomic E-state index is -0.351. The second kappa shape index (κ2) is 10.3. The molecular weight excluding hydrogens is 434 g/mol. The quantitative estimate of drug-likeness (QED) is 0.601. The van der Waals surface area contributed by atoms with Crippen LogP contribution in [0, 0.1) is 13.8 Å². The number of methoxy groups -OCH3 is 2. The number of rotatable bonds is 8. The summed E-state index contributed by atoms with van der Waals surface area (Å²) in [6.45, 7) is 7.84. The van der Waals surface area contributed by atoms with Crippen molar-refractivity contribution in [3.63, 3.8) is 0 Å². The highest BCUT2D eigenvalue weighted by Crippen LogP contribution is 2.35. The number of benzene rings is 2. The van der Waals surface area contributed by atoms with Gasteiger partial charge in [-0.15, -0.1) is 0 Å². The van der Waals surface area contributed by atoms with E-state index in [1.807, 2.05) is 32.0 Å². The Bertz CT molecular complexity index is 1120. The number of anilines is 1. The predicted molar refractivity (Wildman–Crippen MR) is 130 cm³/mol. The number of amides is 2. The van der Waals surface area contributed by atoms with Gasteiger partial charge in [-0.1, -0.05) is 18.2 Å². The van der Waals surface area contributed by atoms with Crippen molar-refractivity contribution in [2.24, 2.45) is 0 Å². The normalized spacial score (nSPS) is 16.9. The summed E-state index contributed by atoms with van der Waals surface area (Å²) < 4.78 is 16.2. The molecule has 0 atom stereocenters. The lowest BCUT2D eigenvalue weighted by atomic mass is 9.99. The van der Waals surface area contributed by atoms with E-state index in [0.717, 1.165) is 24.2 Å². The highest BCUT2D eigenvalue weighted by Gasteiger charge is 2.39. The Balaban J connectivity index is 1.70. The van der Waals surface area contributed by atoms with Crippen LogP contribution in [0.15, 0.2) is 42.1 Å². The first kappa shape index (κ1) is 23.8. The van der Waals surface area contributed by atoms with Crippen LogP contribution in [0.1, 0.15) is 16.7 Å². The molecule has 1 saturated heterocycles. The molecule has 0 bridgehead atoms. The SMILES string of the molecule is COc1ccc(OC)c(NC2=C(c3ccc(C)c(C)c3)C(=O)N(CCN3CCOCC3)C2=O)c1. The minimum absolute atomic E-state index is 0.238. The van der Waals surface area contributed by atoms with E-state index in [2.05, 4.69) is 10.2 Å². The van der Waals surface area contributed by atoms with Gasteiger partial charge < -0.3 is 19.5 Å². The number of nitrogens with one attached hydrogen (secondary N) is 1. The third-order valence-corrected chi connectivity index (χ3v) is 6.37. The number of hydrogen-bond acceptors (Lipinski definition) is 7. The monoisotopic (exact) mass is 465 g/mol. The predicted octanol–water partition coefficient (Wildman–Crippen LogP) is 2.84. The van der Waals surface area contributed by atoms with Gasteiger partial charge in [0.1, 0.15) is 17.2 Å². The van der Waals surface area contributed by atoms with Gasteiger partial charge in [0, 0.05) is 32.2 Å². The zero-order chi connectivity index (χ0) is 24.2. The molecule has 0 aliphatic carbocycles. The molecular formula is C26H31N3O5. The number of imide groups is 1. The van der Waals surface area contributed by atoms with Crippen molar-refractivity contribution in [3.05, 3.63) is 58.8 Å². The van der Waals surface area contributed by atoms with Crippen LogP contribution in [-0.4, -0.2) is 75.2 Å². The van der Waals surface area contributed by atoms with Crippen LogP contribution < -0.4 is 14.8 Å². The number of nitrogens with zero attached hydrogens (tertiary/aromatic N) is 2. The average Bonchev–Trinajstić information content (AvgIpc) is 3.08. The van der Waals surface area contributed by atoms with Gasteiger partial charge in [-0.05, 0) is 42.7 Å². The summed E-state index contributed by atoms with van der Waals surface area (Å²) >= 11 is 0. The van der Waals surface area contributed by atoms with Crippen molar-refractivity contribution in [1.29, 1.82) is 0 Å². The van der Waals surface area contributed by atoms with Gasteiger partial charge in [0.05, 0.1) is 38.7 Å². The van der Waals surface area contributed by atoms with Gasteiger partial charge in [-0.25, -0.2) is 0 Å². The largest absolute Gasteiger partial charge is 0.497 e. The van der Waals surface area contributed by atoms with Gasteiger partial charge in [-0.3, -0.25) is 19.4 Å². The Labute approximate surface area is 200 Å². The summed E-state index contributed by atoms with van der Waals surface area (Å²) in [5, 5.41) is 3.19. The molecule has 1 N–H and O–H groups in total. The van der Waals surface area contributed by atoms with Crippen LogP contribution in [0.2, 0.25) is 0 Å². The number of carbonyl (C=O) groups excluding carboxylic acids is 2. The Morgan fingerprint density at radius 1 is 0.912 bits per heavy atom. The fourth-order valence-corrected chi connectivity index (χ4v) is 4.17. The fraction of sp³-hybridized carbons (Fsp3) is 0.385. The molecule has 2 aliphatic rings. The van der Waals surface area contributed by atoms with E-state index in [1.165, 1.54) is 4.90 Å². The van der Waals surface area contributed by atoms with Crippen molar-refractivity contribution < 1.29 is 23.8 Å². The molecule has 1 fully saturated rings.